The van der Waals surface area contributed by atoms with Gasteiger partial charge >= 0.3 is 5.97 Å². The van der Waals surface area contributed by atoms with E-state index in [4.69, 9.17) is 67.2 Å². The van der Waals surface area contributed by atoms with E-state index in [1.54, 1.807) is 49.4 Å². The highest BCUT2D eigenvalue weighted by Crippen LogP contribution is 2.38. The number of allylic oxidation sites excluding steroid dienone is 1. The van der Waals surface area contributed by atoms with Crippen LogP contribution in [-0.4, -0.2) is 31.7 Å². The molecule has 0 bridgehead atoms. The zero-order valence-corrected chi connectivity index (χ0v) is 28.7. The second-order valence-electron chi connectivity index (χ2n) is 10.1. The molecule has 1 amide bonds. The summed E-state index contributed by atoms with van der Waals surface area (Å²) in [6, 6.07) is 18.4. The third-order valence-corrected chi connectivity index (χ3v) is 10.2. The lowest BCUT2D eigenvalue weighted by atomic mass is 10.1. The summed E-state index contributed by atoms with van der Waals surface area (Å²) in [6.07, 6.45) is 1.39. The van der Waals surface area contributed by atoms with Crippen LogP contribution >= 0.6 is 58.0 Å². The molecule has 14 heteroatoms. The number of anilines is 1. The topological polar surface area (TPSA) is 97.1 Å². The van der Waals surface area contributed by atoms with Crippen molar-refractivity contribution < 1.29 is 27.2 Å². The highest BCUT2D eigenvalue weighted by atomic mass is 35.5. The van der Waals surface area contributed by atoms with Gasteiger partial charge in [-0.25, -0.2) is 13.2 Å². The molecule has 0 radical (unpaired) electrons. The molecule has 2 heterocycles. The van der Waals surface area contributed by atoms with E-state index in [0.29, 0.717) is 37.0 Å². The molecule has 0 N–H and O–H groups in total. The number of hydrogen-bond acceptors (Lipinski definition) is 6. The maximum atomic E-state index is 13.8. The number of ether oxygens (including phenoxy) is 1. The molecule has 1 aromatic heterocycles. The highest BCUT2D eigenvalue weighted by molar-refractivity contribution is 7.89. The lowest BCUT2D eigenvalue weighted by Crippen LogP contribution is -2.30. The molecule has 46 heavy (non-hydrogen) atoms. The summed E-state index contributed by atoms with van der Waals surface area (Å²) in [5, 5.41) is 1.59. The highest BCUT2D eigenvalue weighted by Gasteiger charge is 2.38. The number of methoxy groups -OCH3 is 1. The molecule has 5 rings (SSSR count). The maximum Gasteiger partial charge on any atom is 0.340 e. The van der Waals surface area contributed by atoms with Crippen molar-refractivity contribution in [3.63, 3.8) is 0 Å². The van der Waals surface area contributed by atoms with Crippen molar-refractivity contribution in [2.24, 2.45) is 0 Å². The quantitative estimate of drug-likeness (QED) is 0.126. The lowest BCUT2D eigenvalue weighted by Gasteiger charge is -2.22. The van der Waals surface area contributed by atoms with E-state index in [0.717, 1.165) is 0 Å². The minimum absolute atomic E-state index is 0.00259. The third kappa shape index (κ3) is 7.16. The first-order valence-corrected chi connectivity index (χ1v) is 16.7. The Balaban J connectivity index is 1.50. The van der Waals surface area contributed by atoms with E-state index in [-0.39, 0.29) is 45.7 Å². The Kier molecular flexibility index (Phi) is 10.2. The Hall–Kier alpha value is -3.28. The summed E-state index contributed by atoms with van der Waals surface area (Å²) in [7, 11) is -2.86. The van der Waals surface area contributed by atoms with E-state index in [1.165, 1.54) is 52.7 Å². The number of sulfonamides is 1. The molecule has 0 aliphatic carbocycles. The SMILES string of the molecule is COC(=O)C1=C(C)N(c2cc(Cl)cc(Cl)c2)C(=O)/C1=C/c1ccc(CN(Cc2ccc(Cl)c(Cl)c2)S(=O)(=O)c2ccc(Cl)cc2)o1. The molecule has 0 saturated carbocycles. The average Bonchev–Trinajstić information content (AvgIpc) is 3.54. The zero-order valence-electron chi connectivity index (χ0n) is 24.1. The van der Waals surface area contributed by atoms with Gasteiger partial charge in [0, 0.05) is 27.3 Å². The molecule has 0 saturated heterocycles. The van der Waals surface area contributed by atoms with E-state index in [9.17, 15) is 18.0 Å². The van der Waals surface area contributed by atoms with Crippen molar-refractivity contribution in [1.29, 1.82) is 0 Å². The predicted octanol–water partition coefficient (Wildman–Crippen LogP) is 8.81. The number of hydrogen-bond donors (Lipinski definition) is 0. The third-order valence-electron chi connectivity index (χ3n) is 6.99. The first-order chi connectivity index (χ1) is 21.8. The molecule has 238 valence electrons. The summed E-state index contributed by atoms with van der Waals surface area (Å²) in [4.78, 5) is 27.8. The second-order valence-corrected chi connectivity index (χ2v) is 14.1. The van der Waals surface area contributed by atoms with Crippen LogP contribution < -0.4 is 4.90 Å². The van der Waals surface area contributed by atoms with Gasteiger partial charge in [0.1, 0.15) is 11.5 Å². The van der Waals surface area contributed by atoms with Gasteiger partial charge in [-0.15, -0.1) is 0 Å². The molecule has 0 spiro atoms. The molecule has 0 atom stereocenters. The van der Waals surface area contributed by atoms with Gasteiger partial charge in [-0.3, -0.25) is 9.69 Å². The number of rotatable bonds is 9. The van der Waals surface area contributed by atoms with Crippen LogP contribution in [0, 0.1) is 0 Å². The van der Waals surface area contributed by atoms with Crippen LogP contribution in [0.5, 0.6) is 0 Å². The van der Waals surface area contributed by atoms with Crippen LogP contribution in [0.2, 0.25) is 25.1 Å². The molecule has 0 fully saturated rings. The number of esters is 1. The van der Waals surface area contributed by atoms with Crippen molar-refractivity contribution in [2.75, 3.05) is 12.0 Å². The summed E-state index contributed by atoms with van der Waals surface area (Å²) < 4.78 is 39.7. The van der Waals surface area contributed by atoms with Crippen LogP contribution in [0.4, 0.5) is 5.69 Å². The predicted molar refractivity (Wildman–Crippen MR) is 180 cm³/mol. The molecular weight excluding hydrogens is 718 g/mol. The second kappa shape index (κ2) is 13.8. The van der Waals surface area contributed by atoms with Gasteiger partial charge in [0.25, 0.3) is 5.91 Å². The van der Waals surface area contributed by atoms with E-state index in [1.807, 2.05) is 0 Å². The van der Waals surface area contributed by atoms with Gasteiger partial charge in [-0.2, -0.15) is 4.31 Å². The molecule has 1 aliphatic rings. The smallest absolute Gasteiger partial charge is 0.340 e. The number of benzene rings is 3. The van der Waals surface area contributed by atoms with Crippen LogP contribution in [0.3, 0.4) is 0 Å². The maximum absolute atomic E-state index is 13.8. The number of furan rings is 1. The van der Waals surface area contributed by atoms with Crippen LogP contribution in [0.25, 0.3) is 6.08 Å². The number of carbonyl (C=O) groups is 2. The Morgan fingerprint density at radius 2 is 1.54 bits per heavy atom. The van der Waals surface area contributed by atoms with Gasteiger partial charge in [-0.05, 0) is 85.3 Å². The lowest BCUT2D eigenvalue weighted by molar-refractivity contribution is -0.136. The monoisotopic (exact) mass is 738 g/mol. The van der Waals surface area contributed by atoms with Crippen LogP contribution in [-0.2, 0) is 37.4 Å². The molecular formula is C32H23Cl5N2O6S. The van der Waals surface area contributed by atoms with Crippen molar-refractivity contribution >= 4 is 91.7 Å². The summed E-state index contributed by atoms with van der Waals surface area (Å²) in [6.45, 7) is 1.34. The van der Waals surface area contributed by atoms with Gasteiger partial charge in [0.2, 0.25) is 10.0 Å². The summed E-state index contributed by atoms with van der Waals surface area (Å²) in [5.74, 6) is -0.826. The van der Waals surface area contributed by atoms with Crippen LogP contribution in [0.15, 0.2) is 99.0 Å². The first kappa shape index (κ1) is 34.1. The van der Waals surface area contributed by atoms with Gasteiger partial charge in [0.15, 0.2) is 0 Å². The van der Waals surface area contributed by atoms with Crippen molar-refractivity contribution in [2.45, 2.75) is 24.9 Å². The fraction of sp³-hybridized carbons (Fsp3) is 0.125. The fourth-order valence-corrected chi connectivity index (χ4v) is 7.21. The Labute approximate surface area is 290 Å². The molecule has 4 aromatic rings. The minimum Gasteiger partial charge on any atom is -0.465 e. The van der Waals surface area contributed by atoms with Gasteiger partial charge in [0.05, 0.1) is 45.4 Å². The minimum atomic E-state index is -4.06. The fourth-order valence-electron chi connectivity index (χ4n) is 4.86. The van der Waals surface area contributed by atoms with Crippen molar-refractivity contribution in [1.82, 2.24) is 4.31 Å². The Morgan fingerprint density at radius 1 is 0.870 bits per heavy atom. The summed E-state index contributed by atoms with van der Waals surface area (Å²) >= 11 is 30.6. The normalized spacial score (nSPS) is 14.6. The van der Waals surface area contributed by atoms with Crippen molar-refractivity contribution in [3.05, 3.63) is 132 Å². The Bertz CT molecular complexity index is 2000. The zero-order chi connectivity index (χ0) is 33.3. The van der Waals surface area contributed by atoms with Gasteiger partial charge < -0.3 is 9.15 Å². The van der Waals surface area contributed by atoms with Crippen molar-refractivity contribution in [3.8, 4) is 0 Å². The number of carbonyl (C=O) groups excluding carboxylic acids is 2. The van der Waals surface area contributed by atoms with E-state index < -0.39 is 21.9 Å². The number of amides is 1. The van der Waals surface area contributed by atoms with E-state index in [2.05, 4.69) is 0 Å². The van der Waals surface area contributed by atoms with Gasteiger partial charge in [-0.1, -0.05) is 64.1 Å². The number of halogens is 5. The average molecular weight is 741 g/mol. The van der Waals surface area contributed by atoms with Crippen LogP contribution in [0.1, 0.15) is 24.0 Å². The molecule has 8 nitrogen and oxygen atoms in total. The molecule has 3 aromatic carbocycles. The molecule has 1 aliphatic heterocycles. The first-order valence-electron chi connectivity index (χ1n) is 13.4. The summed E-state index contributed by atoms with van der Waals surface area (Å²) in [5.41, 5.74) is 1.27. The standard InChI is InChI=1S/C32H23Cl5N2O6S/c1-18-30(32(41)44-2)27(31(40)39(18)23-13-21(34)12-22(35)14-23)15-24-6-7-25(45-24)17-38(16-19-3-10-28(36)29(37)11-19)46(42,43)26-8-4-20(33)5-9-26/h3-15H,16-17H2,1-2H3/b27-15+. The van der Waals surface area contributed by atoms with E-state index >= 15 is 0 Å². The number of nitrogens with zero attached hydrogens (tertiary/aromatic N) is 2. The molecule has 0 unspecified atom stereocenters. The largest absolute Gasteiger partial charge is 0.465 e. The Morgan fingerprint density at radius 3 is 2.17 bits per heavy atom.